The Labute approximate surface area is 127 Å². The Bertz CT molecular complexity index is 635. The van der Waals surface area contributed by atoms with Crippen molar-refractivity contribution in [2.45, 2.75) is 12.2 Å². The zero-order valence-electron chi connectivity index (χ0n) is 11.7. The summed E-state index contributed by atoms with van der Waals surface area (Å²) in [5, 5.41) is 8.80. The third kappa shape index (κ3) is 5.41. The van der Waals surface area contributed by atoms with E-state index >= 15 is 0 Å². The van der Waals surface area contributed by atoms with Crippen LogP contribution in [0, 0.1) is 11.3 Å². The zero-order valence-corrected chi connectivity index (χ0v) is 12.5. The summed E-state index contributed by atoms with van der Waals surface area (Å²) in [6.07, 6.45) is 0.732. The van der Waals surface area contributed by atoms with Gasteiger partial charge < -0.3 is 4.74 Å². The molecule has 0 aliphatic carbocycles. The second-order valence-corrected chi connectivity index (χ2v) is 6.19. The lowest BCUT2D eigenvalue weighted by molar-refractivity contribution is 0.318. The van der Waals surface area contributed by atoms with Gasteiger partial charge in [-0.2, -0.15) is 5.26 Å². The maximum Gasteiger partial charge on any atom is 0.120 e. The first-order chi connectivity index (χ1) is 10.3. The number of rotatable bonds is 7. The van der Waals surface area contributed by atoms with E-state index < -0.39 is 10.8 Å². The maximum atomic E-state index is 11.9. The molecule has 0 aliphatic heterocycles. The van der Waals surface area contributed by atoms with Crippen molar-refractivity contribution in [3.05, 3.63) is 65.7 Å². The van der Waals surface area contributed by atoms with E-state index in [4.69, 9.17) is 10.00 Å². The van der Waals surface area contributed by atoms with E-state index in [1.54, 1.807) is 18.2 Å². The zero-order chi connectivity index (χ0) is 14.9. The van der Waals surface area contributed by atoms with Crippen molar-refractivity contribution < 1.29 is 8.95 Å². The van der Waals surface area contributed by atoms with Crippen LogP contribution in [0.2, 0.25) is 0 Å². The molecular formula is C17H17NO2S. The quantitative estimate of drug-likeness (QED) is 0.737. The van der Waals surface area contributed by atoms with E-state index in [2.05, 4.69) is 6.07 Å². The number of nitrogens with zero attached hydrogens (tertiary/aromatic N) is 1. The van der Waals surface area contributed by atoms with Crippen molar-refractivity contribution in [2.24, 2.45) is 0 Å². The molecule has 0 aromatic heterocycles. The van der Waals surface area contributed by atoms with Gasteiger partial charge in [-0.1, -0.05) is 36.4 Å². The van der Waals surface area contributed by atoms with Crippen molar-refractivity contribution in [2.75, 3.05) is 12.4 Å². The Hall–Kier alpha value is -2.12. The number of hydrogen-bond acceptors (Lipinski definition) is 3. The van der Waals surface area contributed by atoms with Crippen LogP contribution in [0.4, 0.5) is 0 Å². The monoisotopic (exact) mass is 299 g/mol. The van der Waals surface area contributed by atoms with Crippen LogP contribution in [0.3, 0.4) is 0 Å². The SMILES string of the molecule is N#Cc1cccc(OCCCS(=O)Cc2ccccc2)c1. The molecule has 4 heteroatoms. The molecule has 1 atom stereocenters. The van der Waals surface area contributed by atoms with E-state index in [1.807, 2.05) is 36.4 Å². The fourth-order valence-electron chi connectivity index (χ4n) is 1.90. The third-order valence-corrected chi connectivity index (χ3v) is 4.32. The number of ether oxygens (including phenoxy) is 1. The summed E-state index contributed by atoms with van der Waals surface area (Å²) in [5.41, 5.74) is 1.68. The Morgan fingerprint density at radius 2 is 1.90 bits per heavy atom. The molecule has 1 unspecified atom stereocenters. The lowest BCUT2D eigenvalue weighted by atomic mass is 10.2. The van der Waals surface area contributed by atoms with Crippen LogP contribution in [0.15, 0.2) is 54.6 Å². The van der Waals surface area contributed by atoms with Gasteiger partial charge in [0.05, 0.1) is 18.2 Å². The van der Waals surface area contributed by atoms with Gasteiger partial charge in [0, 0.05) is 22.3 Å². The van der Waals surface area contributed by atoms with Crippen LogP contribution in [0.5, 0.6) is 5.75 Å². The standard InChI is InChI=1S/C17H17NO2S/c18-13-16-8-4-9-17(12-16)20-10-5-11-21(19)14-15-6-2-1-3-7-15/h1-4,6-9,12H,5,10-11,14H2. The lowest BCUT2D eigenvalue weighted by Crippen LogP contribution is -2.06. The smallest absolute Gasteiger partial charge is 0.120 e. The highest BCUT2D eigenvalue weighted by Gasteiger charge is 2.02. The van der Waals surface area contributed by atoms with Gasteiger partial charge in [0.2, 0.25) is 0 Å². The van der Waals surface area contributed by atoms with E-state index in [-0.39, 0.29) is 0 Å². The molecule has 2 rings (SSSR count). The maximum absolute atomic E-state index is 11.9. The van der Waals surface area contributed by atoms with Crippen molar-refractivity contribution in [1.29, 1.82) is 5.26 Å². The first-order valence-electron chi connectivity index (χ1n) is 6.80. The van der Waals surface area contributed by atoms with Crippen LogP contribution in [-0.4, -0.2) is 16.6 Å². The number of hydrogen-bond donors (Lipinski definition) is 0. The van der Waals surface area contributed by atoms with Gasteiger partial charge in [0.1, 0.15) is 5.75 Å². The van der Waals surface area contributed by atoms with Gasteiger partial charge in [-0.3, -0.25) is 4.21 Å². The van der Waals surface area contributed by atoms with Crippen molar-refractivity contribution >= 4 is 10.8 Å². The average molecular weight is 299 g/mol. The van der Waals surface area contributed by atoms with Gasteiger partial charge in [-0.15, -0.1) is 0 Å². The van der Waals surface area contributed by atoms with E-state index in [9.17, 15) is 4.21 Å². The highest BCUT2D eigenvalue weighted by Crippen LogP contribution is 2.13. The van der Waals surface area contributed by atoms with Crippen LogP contribution >= 0.6 is 0 Å². The van der Waals surface area contributed by atoms with E-state index in [1.165, 1.54) is 0 Å². The Balaban J connectivity index is 1.70. The molecule has 0 heterocycles. The van der Waals surface area contributed by atoms with Crippen molar-refractivity contribution in [1.82, 2.24) is 0 Å². The molecular weight excluding hydrogens is 282 g/mol. The fourth-order valence-corrected chi connectivity index (χ4v) is 3.05. The topological polar surface area (TPSA) is 50.1 Å². The summed E-state index contributed by atoms with van der Waals surface area (Å²) in [4.78, 5) is 0. The second kappa shape index (κ2) is 8.23. The van der Waals surface area contributed by atoms with Crippen molar-refractivity contribution in [3.63, 3.8) is 0 Å². The molecule has 0 bridgehead atoms. The van der Waals surface area contributed by atoms with Gasteiger partial charge >= 0.3 is 0 Å². The van der Waals surface area contributed by atoms with Gasteiger partial charge in [-0.05, 0) is 30.2 Å². The van der Waals surface area contributed by atoms with Crippen LogP contribution in [0.1, 0.15) is 17.5 Å². The Morgan fingerprint density at radius 1 is 1.10 bits per heavy atom. The van der Waals surface area contributed by atoms with Gasteiger partial charge in [0.25, 0.3) is 0 Å². The molecule has 21 heavy (non-hydrogen) atoms. The van der Waals surface area contributed by atoms with Crippen LogP contribution < -0.4 is 4.74 Å². The first-order valence-corrected chi connectivity index (χ1v) is 8.28. The molecule has 108 valence electrons. The first kappa shape index (κ1) is 15.3. The molecule has 2 aromatic rings. The fraction of sp³-hybridized carbons (Fsp3) is 0.235. The largest absolute Gasteiger partial charge is 0.494 e. The van der Waals surface area contributed by atoms with Gasteiger partial charge in [-0.25, -0.2) is 0 Å². The summed E-state index contributed by atoms with van der Waals surface area (Å²) < 4.78 is 17.5. The minimum absolute atomic E-state index is 0.509. The predicted octanol–water partition coefficient (Wildman–Crippen LogP) is 3.28. The molecule has 0 fully saturated rings. The summed E-state index contributed by atoms with van der Waals surface area (Å²) in [5.74, 6) is 1.89. The molecule has 3 nitrogen and oxygen atoms in total. The Kier molecular flexibility index (Phi) is 5.99. The van der Waals surface area contributed by atoms with E-state index in [0.29, 0.717) is 29.4 Å². The van der Waals surface area contributed by atoms with E-state index in [0.717, 1.165) is 12.0 Å². The molecule has 0 spiro atoms. The summed E-state index contributed by atoms with van der Waals surface area (Å²) in [6.45, 7) is 0.509. The minimum atomic E-state index is -0.867. The Morgan fingerprint density at radius 3 is 2.67 bits per heavy atom. The molecule has 0 saturated heterocycles. The predicted molar refractivity (Wildman–Crippen MR) is 84.4 cm³/mol. The third-order valence-electron chi connectivity index (χ3n) is 2.92. The average Bonchev–Trinajstić information content (AvgIpc) is 2.53. The van der Waals surface area contributed by atoms with Crippen molar-refractivity contribution in [3.8, 4) is 11.8 Å². The molecule has 0 amide bonds. The normalized spacial score (nSPS) is 11.6. The minimum Gasteiger partial charge on any atom is -0.494 e. The number of nitriles is 1. The number of benzene rings is 2. The van der Waals surface area contributed by atoms with Crippen LogP contribution in [-0.2, 0) is 16.6 Å². The summed E-state index contributed by atoms with van der Waals surface area (Å²) in [6, 6.07) is 19.0. The second-order valence-electron chi connectivity index (χ2n) is 4.62. The molecule has 0 saturated carbocycles. The summed E-state index contributed by atoms with van der Waals surface area (Å²) >= 11 is 0. The van der Waals surface area contributed by atoms with Gasteiger partial charge in [0.15, 0.2) is 0 Å². The lowest BCUT2D eigenvalue weighted by Gasteiger charge is -2.06. The molecule has 0 N–H and O–H groups in total. The van der Waals surface area contributed by atoms with Crippen LogP contribution in [0.25, 0.3) is 0 Å². The molecule has 0 radical (unpaired) electrons. The molecule has 2 aromatic carbocycles. The molecule has 0 aliphatic rings. The summed E-state index contributed by atoms with van der Waals surface area (Å²) in [7, 11) is -0.867. The highest BCUT2D eigenvalue weighted by molar-refractivity contribution is 7.84. The highest BCUT2D eigenvalue weighted by atomic mass is 32.2.